The summed E-state index contributed by atoms with van der Waals surface area (Å²) in [5, 5.41) is 17.6. The first kappa shape index (κ1) is 24.2. The standard InChI is InChI=1S/C25H34N6O2/c1-4-28-24-20(12-26)22(31-19-9-7-18(8-10-19)23(27)32)21(14-29-24)25(33)30-13-17-6-5-15(2)16(3)11-17/h5-6,11-12,14,18-19,26H,4,7-10,13H2,1-3H3,(H2,27,32)(H,30,33)(H2,28,29,31). The lowest BCUT2D eigenvalue weighted by Crippen LogP contribution is -2.33. The summed E-state index contributed by atoms with van der Waals surface area (Å²) >= 11 is 0. The van der Waals surface area contributed by atoms with E-state index in [1.165, 1.54) is 17.3 Å². The summed E-state index contributed by atoms with van der Waals surface area (Å²) in [5.41, 5.74) is 10.4. The smallest absolute Gasteiger partial charge is 0.255 e. The maximum Gasteiger partial charge on any atom is 0.255 e. The van der Waals surface area contributed by atoms with Gasteiger partial charge in [-0.15, -0.1) is 0 Å². The quantitative estimate of drug-likeness (QED) is 0.373. The molecule has 8 heteroatoms. The molecule has 2 aromatic rings. The van der Waals surface area contributed by atoms with E-state index in [1.807, 2.05) is 19.1 Å². The van der Waals surface area contributed by atoms with Crippen molar-refractivity contribution in [2.75, 3.05) is 17.2 Å². The first-order chi connectivity index (χ1) is 15.8. The largest absolute Gasteiger partial charge is 0.381 e. The molecule has 0 saturated heterocycles. The molecule has 1 aromatic carbocycles. The minimum atomic E-state index is -0.251. The summed E-state index contributed by atoms with van der Waals surface area (Å²) in [5.74, 6) is -0.0362. The minimum Gasteiger partial charge on any atom is -0.381 e. The highest BCUT2D eigenvalue weighted by atomic mass is 16.2. The Hall–Kier alpha value is -3.42. The third-order valence-corrected chi connectivity index (χ3v) is 6.35. The number of anilines is 2. The number of hydrogen-bond acceptors (Lipinski definition) is 6. The van der Waals surface area contributed by atoms with Gasteiger partial charge in [-0.2, -0.15) is 0 Å². The number of primary amides is 1. The van der Waals surface area contributed by atoms with E-state index in [-0.39, 0.29) is 23.8 Å². The number of rotatable bonds is 9. The highest BCUT2D eigenvalue weighted by Gasteiger charge is 2.27. The number of hydrogen-bond donors (Lipinski definition) is 5. The van der Waals surface area contributed by atoms with E-state index in [1.54, 1.807) is 6.20 Å². The molecule has 33 heavy (non-hydrogen) atoms. The van der Waals surface area contributed by atoms with Crippen LogP contribution in [0.15, 0.2) is 24.4 Å². The van der Waals surface area contributed by atoms with E-state index in [4.69, 9.17) is 11.1 Å². The molecule has 1 heterocycles. The Morgan fingerprint density at radius 2 is 1.91 bits per heavy atom. The molecule has 2 amide bonds. The zero-order chi connectivity index (χ0) is 24.0. The number of carbonyl (C=O) groups is 2. The molecule has 0 radical (unpaired) electrons. The van der Waals surface area contributed by atoms with Crippen LogP contribution in [0, 0.1) is 25.2 Å². The van der Waals surface area contributed by atoms with Crippen molar-refractivity contribution in [3.05, 3.63) is 52.2 Å². The van der Waals surface area contributed by atoms with E-state index in [0.717, 1.165) is 18.4 Å². The molecule has 8 nitrogen and oxygen atoms in total. The molecular formula is C25H34N6O2. The second kappa shape index (κ2) is 10.9. The van der Waals surface area contributed by atoms with Gasteiger partial charge in [0.15, 0.2) is 0 Å². The Morgan fingerprint density at radius 3 is 2.52 bits per heavy atom. The molecule has 1 aliphatic carbocycles. The van der Waals surface area contributed by atoms with Crippen molar-refractivity contribution in [1.82, 2.24) is 10.3 Å². The summed E-state index contributed by atoms with van der Waals surface area (Å²) < 4.78 is 0. The van der Waals surface area contributed by atoms with Crippen molar-refractivity contribution in [2.24, 2.45) is 11.7 Å². The third-order valence-electron chi connectivity index (χ3n) is 6.35. The van der Waals surface area contributed by atoms with Crippen LogP contribution < -0.4 is 21.7 Å². The Bertz CT molecular complexity index is 1030. The normalized spacial score (nSPS) is 17.8. The maximum absolute atomic E-state index is 13.2. The molecule has 176 valence electrons. The monoisotopic (exact) mass is 450 g/mol. The van der Waals surface area contributed by atoms with Crippen molar-refractivity contribution < 1.29 is 9.59 Å². The van der Waals surface area contributed by atoms with Crippen molar-refractivity contribution in [2.45, 2.75) is 59.0 Å². The summed E-state index contributed by atoms with van der Waals surface area (Å²) in [7, 11) is 0. The molecule has 3 rings (SSSR count). The number of aryl methyl sites for hydroxylation is 2. The fraction of sp³-hybridized carbons (Fsp3) is 0.440. The van der Waals surface area contributed by atoms with Gasteiger partial charge in [0.2, 0.25) is 5.91 Å². The van der Waals surface area contributed by atoms with Crippen LogP contribution >= 0.6 is 0 Å². The summed E-state index contributed by atoms with van der Waals surface area (Å²) in [6, 6.07) is 6.21. The van der Waals surface area contributed by atoms with Crippen LogP contribution in [0.1, 0.15) is 65.2 Å². The Morgan fingerprint density at radius 1 is 1.18 bits per heavy atom. The lowest BCUT2D eigenvalue weighted by molar-refractivity contribution is -0.122. The lowest BCUT2D eigenvalue weighted by Gasteiger charge is -2.29. The van der Waals surface area contributed by atoms with Gasteiger partial charge in [0.25, 0.3) is 5.91 Å². The zero-order valence-corrected chi connectivity index (χ0v) is 19.6. The van der Waals surface area contributed by atoms with Crippen LogP contribution in [-0.2, 0) is 11.3 Å². The molecule has 1 fully saturated rings. The van der Waals surface area contributed by atoms with E-state index in [9.17, 15) is 9.59 Å². The third kappa shape index (κ3) is 5.88. The number of nitrogens with one attached hydrogen (secondary N) is 4. The minimum absolute atomic E-state index is 0.0856. The molecule has 0 atom stereocenters. The average Bonchev–Trinajstić information content (AvgIpc) is 2.80. The SMILES string of the molecule is CCNc1ncc(C(=O)NCc2ccc(C)c(C)c2)c(NC2CCC(C(N)=O)CC2)c1C=N. The van der Waals surface area contributed by atoms with Gasteiger partial charge in [-0.25, -0.2) is 4.98 Å². The number of amides is 2. The lowest BCUT2D eigenvalue weighted by atomic mass is 9.85. The second-order valence-corrected chi connectivity index (χ2v) is 8.68. The molecule has 1 aliphatic rings. The predicted molar refractivity (Wildman–Crippen MR) is 132 cm³/mol. The number of benzene rings is 1. The van der Waals surface area contributed by atoms with E-state index >= 15 is 0 Å². The molecule has 6 N–H and O–H groups in total. The summed E-state index contributed by atoms with van der Waals surface area (Å²) in [6.45, 7) is 7.11. The molecule has 0 bridgehead atoms. The second-order valence-electron chi connectivity index (χ2n) is 8.68. The van der Waals surface area contributed by atoms with E-state index < -0.39 is 0 Å². The van der Waals surface area contributed by atoms with Crippen LogP contribution in [0.4, 0.5) is 11.5 Å². The van der Waals surface area contributed by atoms with E-state index in [2.05, 4.69) is 40.8 Å². The van der Waals surface area contributed by atoms with Gasteiger partial charge in [-0.3, -0.25) is 9.59 Å². The molecule has 1 saturated carbocycles. The van der Waals surface area contributed by atoms with Gasteiger partial charge < -0.3 is 27.1 Å². The van der Waals surface area contributed by atoms with Gasteiger partial charge >= 0.3 is 0 Å². The predicted octanol–water partition coefficient (Wildman–Crippen LogP) is 3.51. The van der Waals surface area contributed by atoms with E-state index in [0.29, 0.717) is 48.6 Å². The Labute approximate surface area is 195 Å². The van der Waals surface area contributed by atoms with Gasteiger partial charge in [-0.05, 0) is 63.1 Å². The first-order valence-electron chi connectivity index (χ1n) is 11.5. The van der Waals surface area contributed by atoms with Crippen LogP contribution in [0.25, 0.3) is 0 Å². The maximum atomic E-state index is 13.2. The number of pyridine rings is 1. The highest BCUT2D eigenvalue weighted by Crippen LogP contribution is 2.31. The van der Waals surface area contributed by atoms with Crippen molar-refractivity contribution in [1.29, 1.82) is 5.41 Å². The van der Waals surface area contributed by atoms with Gasteiger partial charge in [-0.1, -0.05) is 18.2 Å². The molecular weight excluding hydrogens is 416 g/mol. The fourth-order valence-electron chi connectivity index (χ4n) is 4.22. The van der Waals surface area contributed by atoms with Crippen LogP contribution in [-0.4, -0.2) is 35.6 Å². The van der Waals surface area contributed by atoms with Crippen LogP contribution in [0.2, 0.25) is 0 Å². The average molecular weight is 451 g/mol. The number of carbonyl (C=O) groups excluding carboxylic acids is 2. The topological polar surface area (TPSA) is 133 Å². The number of nitrogens with two attached hydrogens (primary N) is 1. The van der Waals surface area contributed by atoms with Gasteiger partial charge in [0, 0.05) is 37.5 Å². The Balaban J connectivity index is 1.83. The molecule has 1 aromatic heterocycles. The first-order valence-corrected chi connectivity index (χ1v) is 11.5. The number of aromatic nitrogens is 1. The fourth-order valence-corrected chi connectivity index (χ4v) is 4.22. The van der Waals surface area contributed by atoms with Crippen molar-refractivity contribution in [3.63, 3.8) is 0 Å². The molecule has 0 spiro atoms. The highest BCUT2D eigenvalue weighted by molar-refractivity contribution is 6.05. The zero-order valence-electron chi connectivity index (χ0n) is 19.6. The Kier molecular flexibility index (Phi) is 8.03. The summed E-state index contributed by atoms with van der Waals surface area (Å²) in [6.07, 6.45) is 5.75. The van der Waals surface area contributed by atoms with Crippen LogP contribution in [0.5, 0.6) is 0 Å². The van der Waals surface area contributed by atoms with Gasteiger partial charge in [0.05, 0.1) is 16.8 Å². The van der Waals surface area contributed by atoms with Crippen LogP contribution in [0.3, 0.4) is 0 Å². The summed E-state index contributed by atoms with van der Waals surface area (Å²) in [4.78, 5) is 29.1. The van der Waals surface area contributed by atoms with Crippen molar-refractivity contribution >= 4 is 29.5 Å². The molecule has 0 aliphatic heterocycles. The molecule has 0 unspecified atom stereocenters. The number of nitrogens with zero attached hydrogens (tertiary/aromatic N) is 1. The van der Waals surface area contributed by atoms with Crippen molar-refractivity contribution in [3.8, 4) is 0 Å². The van der Waals surface area contributed by atoms with Gasteiger partial charge in [0.1, 0.15) is 5.82 Å².